The summed E-state index contributed by atoms with van der Waals surface area (Å²) in [6.07, 6.45) is 6.99. The van der Waals surface area contributed by atoms with Crippen molar-refractivity contribution in [2.75, 3.05) is 0 Å². The van der Waals surface area contributed by atoms with Crippen LogP contribution in [0.15, 0.2) is 39.8 Å². The first-order chi connectivity index (χ1) is 11.7. The van der Waals surface area contributed by atoms with E-state index in [0.717, 1.165) is 31.1 Å². The number of hydrogen-bond donors (Lipinski definition) is 1. The van der Waals surface area contributed by atoms with Gasteiger partial charge >= 0.3 is 0 Å². The van der Waals surface area contributed by atoms with Crippen molar-refractivity contribution in [2.24, 2.45) is 0 Å². The average molecular weight is 325 g/mol. The minimum Gasteiger partial charge on any atom is -0.448 e. The molecule has 1 fully saturated rings. The second-order valence-electron chi connectivity index (χ2n) is 6.36. The highest BCUT2D eigenvalue weighted by Gasteiger charge is 2.18. The molecule has 6 nitrogen and oxygen atoms in total. The Labute approximate surface area is 138 Å². The fraction of sp³-hybridized carbons (Fsp3) is 0.389. The smallest absolute Gasteiger partial charge is 0.297 e. The van der Waals surface area contributed by atoms with Crippen LogP contribution in [0.2, 0.25) is 0 Å². The van der Waals surface area contributed by atoms with Crippen molar-refractivity contribution in [3.05, 3.63) is 40.9 Å². The highest BCUT2D eigenvalue weighted by Crippen LogP contribution is 2.24. The van der Waals surface area contributed by atoms with E-state index in [4.69, 9.17) is 4.42 Å². The second-order valence-corrected chi connectivity index (χ2v) is 6.36. The van der Waals surface area contributed by atoms with Gasteiger partial charge in [-0.25, -0.2) is 4.98 Å². The monoisotopic (exact) mass is 325 g/mol. The number of carbonyl (C=O) groups is 1. The molecule has 0 aliphatic heterocycles. The van der Waals surface area contributed by atoms with Gasteiger partial charge in [-0.3, -0.25) is 14.2 Å². The van der Waals surface area contributed by atoms with E-state index in [2.05, 4.69) is 10.3 Å². The number of para-hydroxylation sites is 1. The fourth-order valence-corrected chi connectivity index (χ4v) is 3.40. The Kier molecular flexibility index (Phi) is 3.80. The van der Waals surface area contributed by atoms with E-state index in [1.54, 1.807) is 6.07 Å². The van der Waals surface area contributed by atoms with E-state index >= 15 is 0 Å². The van der Waals surface area contributed by atoms with Crippen molar-refractivity contribution < 1.29 is 9.21 Å². The van der Waals surface area contributed by atoms with Crippen molar-refractivity contribution in [3.63, 3.8) is 0 Å². The van der Waals surface area contributed by atoms with Gasteiger partial charge in [-0.15, -0.1) is 0 Å². The molecule has 1 N–H and O–H groups in total. The topological polar surface area (TPSA) is 77.1 Å². The van der Waals surface area contributed by atoms with Gasteiger partial charge in [0.15, 0.2) is 0 Å². The van der Waals surface area contributed by atoms with Crippen LogP contribution < -0.4 is 10.9 Å². The van der Waals surface area contributed by atoms with Crippen LogP contribution in [-0.4, -0.2) is 21.5 Å². The van der Waals surface area contributed by atoms with Crippen molar-refractivity contribution in [1.82, 2.24) is 14.9 Å². The molecule has 0 bridgehead atoms. The molecule has 1 aromatic carbocycles. The van der Waals surface area contributed by atoms with Gasteiger partial charge in [0.2, 0.25) is 11.5 Å². The number of aromatic nitrogens is 2. The highest BCUT2D eigenvalue weighted by atomic mass is 16.3. The first kappa shape index (κ1) is 14.9. The van der Waals surface area contributed by atoms with Crippen molar-refractivity contribution in [1.29, 1.82) is 0 Å². The number of benzene rings is 1. The quantitative estimate of drug-likeness (QED) is 0.803. The van der Waals surface area contributed by atoms with Crippen LogP contribution in [0.3, 0.4) is 0 Å². The summed E-state index contributed by atoms with van der Waals surface area (Å²) >= 11 is 0. The molecule has 124 valence electrons. The lowest BCUT2D eigenvalue weighted by Gasteiger charge is -2.22. The lowest BCUT2D eigenvalue weighted by atomic mass is 9.95. The first-order valence-electron chi connectivity index (χ1n) is 8.38. The molecule has 0 unspecified atom stereocenters. The van der Waals surface area contributed by atoms with E-state index in [1.807, 2.05) is 18.2 Å². The Hall–Kier alpha value is -2.63. The molecule has 4 rings (SSSR count). The third-order valence-electron chi connectivity index (χ3n) is 4.63. The standard InChI is InChI=1S/C18H19N3O3/c22-15(20-12-6-2-1-3-7-12)10-21-11-19-16-13-8-4-5-9-14(13)24-17(16)18(21)23/h4-5,8-9,11-12H,1-3,6-7,10H2,(H,20,22). The maximum Gasteiger partial charge on any atom is 0.297 e. The molecule has 1 amide bonds. The molecule has 1 aliphatic rings. The third-order valence-corrected chi connectivity index (χ3v) is 4.63. The molecular weight excluding hydrogens is 306 g/mol. The van der Waals surface area contributed by atoms with Gasteiger partial charge in [0.25, 0.3) is 5.56 Å². The number of amides is 1. The number of rotatable bonds is 3. The molecular formula is C18H19N3O3. The molecule has 3 aromatic rings. The maximum absolute atomic E-state index is 12.6. The Bertz CT molecular complexity index is 951. The van der Waals surface area contributed by atoms with Crippen molar-refractivity contribution >= 4 is 28.0 Å². The molecule has 24 heavy (non-hydrogen) atoms. The Balaban J connectivity index is 1.60. The summed E-state index contributed by atoms with van der Waals surface area (Å²) in [6, 6.07) is 7.62. The lowest BCUT2D eigenvalue weighted by molar-refractivity contribution is -0.122. The third kappa shape index (κ3) is 2.68. The molecule has 0 atom stereocenters. The van der Waals surface area contributed by atoms with Crippen molar-refractivity contribution in [2.45, 2.75) is 44.7 Å². The van der Waals surface area contributed by atoms with Gasteiger partial charge in [0, 0.05) is 11.4 Å². The molecule has 1 saturated carbocycles. The zero-order valence-corrected chi connectivity index (χ0v) is 13.3. The van der Waals surface area contributed by atoms with E-state index in [-0.39, 0.29) is 29.6 Å². The largest absolute Gasteiger partial charge is 0.448 e. The molecule has 2 aromatic heterocycles. The lowest BCUT2D eigenvalue weighted by Crippen LogP contribution is -2.39. The van der Waals surface area contributed by atoms with Gasteiger partial charge in [-0.2, -0.15) is 0 Å². The van der Waals surface area contributed by atoms with E-state index in [0.29, 0.717) is 11.1 Å². The molecule has 1 aliphatic carbocycles. The van der Waals surface area contributed by atoms with E-state index in [1.165, 1.54) is 17.3 Å². The van der Waals surface area contributed by atoms with Crippen LogP contribution in [0, 0.1) is 0 Å². The normalized spacial score (nSPS) is 15.8. The summed E-state index contributed by atoms with van der Waals surface area (Å²) in [5.74, 6) is -0.152. The SMILES string of the molecule is O=C(Cn1cnc2c(oc3ccccc32)c1=O)NC1CCCCC1. The summed E-state index contributed by atoms with van der Waals surface area (Å²) < 4.78 is 6.94. The molecule has 2 heterocycles. The average Bonchev–Trinajstić information content (AvgIpc) is 2.98. The number of nitrogens with zero attached hydrogens (tertiary/aromatic N) is 2. The van der Waals surface area contributed by atoms with Crippen LogP contribution in [0.25, 0.3) is 22.1 Å². The van der Waals surface area contributed by atoms with Crippen LogP contribution in [0.4, 0.5) is 0 Å². The van der Waals surface area contributed by atoms with Gasteiger partial charge in [0.05, 0.1) is 6.33 Å². The zero-order chi connectivity index (χ0) is 16.5. The molecule has 0 spiro atoms. The van der Waals surface area contributed by atoms with Crippen LogP contribution in [-0.2, 0) is 11.3 Å². The van der Waals surface area contributed by atoms with Gasteiger partial charge in [-0.1, -0.05) is 31.4 Å². The zero-order valence-electron chi connectivity index (χ0n) is 13.3. The van der Waals surface area contributed by atoms with Crippen LogP contribution in [0.5, 0.6) is 0 Å². The molecule has 6 heteroatoms. The summed E-state index contributed by atoms with van der Waals surface area (Å²) in [6.45, 7) is -0.0324. The summed E-state index contributed by atoms with van der Waals surface area (Å²) in [5, 5.41) is 3.82. The molecule has 0 radical (unpaired) electrons. The van der Waals surface area contributed by atoms with E-state index in [9.17, 15) is 9.59 Å². The molecule has 0 saturated heterocycles. The van der Waals surface area contributed by atoms with E-state index < -0.39 is 0 Å². The number of hydrogen-bond acceptors (Lipinski definition) is 4. The van der Waals surface area contributed by atoms with Crippen molar-refractivity contribution in [3.8, 4) is 0 Å². The first-order valence-corrected chi connectivity index (χ1v) is 8.38. The number of fused-ring (bicyclic) bond motifs is 3. The minimum absolute atomic E-state index is 0.0324. The number of nitrogens with one attached hydrogen (secondary N) is 1. The Morgan fingerprint density at radius 1 is 1.25 bits per heavy atom. The van der Waals surface area contributed by atoms with Crippen LogP contribution >= 0.6 is 0 Å². The van der Waals surface area contributed by atoms with Gasteiger partial charge in [0.1, 0.15) is 17.6 Å². The number of furan rings is 1. The van der Waals surface area contributed by atoms with Gasteiger partial charge < -0.3 is 9.73 Å². The maximum atomic E-state index is 12.6. The summed E-state index contributed by atoms with van der Waals surface area (Å²) in [4.78, 5) is 29.1. The minimum atomic E-state index is -0.324. The van der Waals surface area contributed by atoms with Gasteiger partial charge in [-0.05, 0) is 25.0 Å². The fourth-order valence-electron chi connectivity index (χ4n) is 3.40. The Morgan fingerprint density at radius 3 is 2.88 bits per heavy atom. The van der Waals surface area contributed by atoms with Crippen LogP contribution in [0.1, 0.15) is 32.1 Å². The summed E-state index contributed by atoms with van der Waals surface area (Å²) in [5.41, 5.74) is 1.04. The Morgan fingerprint density at radius 2 is 2.04 bits per heavy atom. The highest BCUT2D eigenvalue weighted by molar-refractivity contribution is 6.01. The summed E-state index contributed by atoms with van der Waals surface area (Å²) in [7, 11) is 0. The predicted molar refractivity (Wildman–Crippen MR) is 90.8 cm³/mol. The second kappa shape index (κ2) is 6.11. The predicted octanol–water partition coefficient (Wildman–Crippen LogP) is 2.59. The number of carbonyl (C=O) groups excluding carboxylic acids is 1.